The number of hydrogen-bond donors (Lipinski definition) is 0. The Morgan fingerprint density at radius 2 is 1.21 bits per heavy atom. The topological polar surface area (TPSA) is 0 Å². The lowest BCUT2D eigenvalue weighted by atomic mass is 9.68. The van der Waals surface area contributed by atoms with E-state index in [2.05, 4.69) is 31.7 Å². The van der Waals surface area contributed by atoms with Crippen molar-refractivity contribution in [1.82, 2.24) is 0 Å². The maximum Gasteiger partial charge on any atom is -0.0233 e. The van der Waals surface area contributed by atoms with E-state index in [4.69, 9.17) is 0 Å². The summed E-state index contributed by atoms with van der Waals surface area (Å²) in [5, 5.41) is 0. The summed E-state index contributed by atoms with van der Waals surface area (Å²) >= 11 is 0. The molecular weight excluding hydrogens is 348 g/mol. The molecule has 0 saturated heterocycles. The minimum absolute atomic E-state index is 0.797. The third kappa shape index (κ3) is 7.91. The SMILES string of the molecule is C=C[C@H]1CC[C@H](/C=C/CCC2CCC([C@H]3CC[C@H](CCCCC)CC3)CC2)CC1. The molecular formula is C29H50. The van der Waals surface area contributed by atoms with Crippen LogP contribution in [0.15, 0.2) is 24.8 Å². The fourth-order valence-corrected chi connectivity index (χ4v) is 6.77. The van der Waals surface area contributed by atoms with E-state index in [-0.39, 0.29) is 0 Å². The molecule has 29 heavy (non-hydrogen) atoms. The lowest BCUT2D eigenvalue weighted by molar-refractivity contribution is 0.140. The van der Waals surface area contributed by atoms with Crippen LogP contribution in [0, 0.1) is 35.5 Å². The summed E-state index contributed by atoms with van der Waals surface area (Å²) in [6, 6.07) is 0. The van der Waals surface area contributed by atoms with Gasteiger partial charge in [-0.05, 0) is 99.7 Å². The highest BCUT2D eigenvalue weighted by Gasteiger charge is 2.30. The van der Waals surface area contributed by atoms with Gasteiger partial charge in [0.25, 0.3) is 0 Å². The van der Waals surface area contributed by atoms with Crippen LogP contribution in [0.3, 0.4) is 0 Å². The molecule has 0 spiro atoms. The average molecular weight is 399 g/mol. The molecule has 3 fully saturated rings. The molecule has 166 valence electrons. The molecule has 0 bridgehead atoms. The molecule has 0 atom stereocenters. The van der Waals surface area contributed by atoms with Crippen molar-refractivity contribution in [3.8, 4) is 0 Å². The Kier molecular flexibility index (Phi) is 10.4. The predicted molar refractivity (Wildman–Crippen MR) is 129 cm³/mol. The minimum atomic E-state index is 0.797. The van der Waals surface area contributed by atoms with E-state index < -0.39 is 0 Å². The van der Waals surface area contributed by atoms with Crippen molar-refractivity contribution in [1.29, 1.82) is 0 Å². The van der Waals surface area contributed by atoms with Gasteiger partial charge in [0, 0.05) is 0 Å². The third-order valence-corrected chi connectivity index (χ3v) is 8.97. The number of hydrogen-bond acceptors (Lipinski definition) is 0. The smallest absolute Gasteiger partial charge is 0.0233 e. The summed E-state index contributed by atoms with van der Waals surface area (Å²) in [6.45, 7) is 6.30. The highest BCUT2D eigenvalue weighted by atomic mass is 14.4. The van der Waals surface area contributed by atoms with Gasteiger partial charge in [0.15, 0.2) is 0 Å². The second-order valence-electron chi connectivity index (χ2n) is 11.0. The van der Waals surface area contributed by atoms with Crippen molar-refractivity contribution >= 4 is 0 Å². The molecule has 0 heterocycles. The fraction of sp³-hybridized carbons (Fsp3) is 0.862. The van der Waals surface area contributed by atoms with Gasteiger partial charge < -0.3 is 0 Å². The van der Waals surface area contributed by atoms with Crippen molar-refractivity contribution in [2.75, 3.05) is 0 Å². The normalized spacial score (nSPS) is 36.3. The largest absolute Gasteiger partial charge is 0.103 e. The molecule has 0 radical (unpaired) electrons. The van der Waals surface area contributed by atoms with Crippen molar-refractivity contribution < 1.29 is 0 Å². The van der Waals surface area contributed by atoms with Gasteiger partial charge in [0.2, 0.25) is 0 Å². The van der Waals surface area contributed by atoms with Gasteiger partial charge in [-0.25, -0.2) is 0 Å². The van der Waals surface area contributed by atoms with E-state index in [1.807, 2.05) is 0 Å². The monoisotopic (exact) mass is 398 g/mol. The standard InChI is InChI=1S/C29H50/c1-3-5-6-9-26-16-20-28(21-17-26)29-22-18-27(19-23-29)11-8-7-10-25-14-12-24(4-2)13-15-25/h4,7,10,24-29H,2-3,5-6,8-9,11-23H2,1H3/b10-7+/t24-,25-,26-,27?,28-,29?. The first-order valence-corrected chi connectivity index (χ1v) is 13.6. The van der Waals surface area contributed by atoms with Gasteiger partial charge in [-0.1, -0.05) is 76.5 Å². The maximum absolute atomic E-state index is 3.97. The maximum atomic E-state index is 3.97. The van der Waals surface area contributed by atoms with Crippen LogP contribution in [0.2, 0.25) is 0 Å². The summed E-state index contributed by atoms with van der Waals surface area (Å²) in [7, 11) is 0. The lowest BCUT2D eigenvalue weighted by Gasteiger charge is -2.38. The zero-order chi connectivity index (χ0) is 20.3. The number of rotatable bonds is 10. The van der Waals surface area contributed by atoms with Crippen LogP contribution in [-0.2, 0) is 0 Å². The first-order valence-electron chi connectivity index (χ1n) is 13.6. The zero-order valence-electron chi connectivity index (χ0n) is 19.6. The molecule has 3 saturated carbocycles. The van der Waals surface area contributed by atoms with Crippen LogP contribution in [0.1, 0.15) is 122 Å². The second kappa shape index (κ2) is 13.0. The Morgan fingerprint density at radius 1 is 0.655 bits per heavy atom. The van der Waals surface area contributed by atoms with Crippen LogP contribution in [0.4, 0.5) is 0 Å². The third-order valence-electron chi connectivity index (χ3n) is 8.97. The predicted octanol–water partition coefficient (Wildman–Crippen LogP) is 9.51. The Labute approximate surface area is 183 Å². The van der Waals surface area contributed by atoms with E-state index in [1.165, 1.54) is 77.0 Å². The van der Waals surface area contributed by atoms with Gasteiger partial charge in [-0.2, -0.15) is 0 Å². The summed E-state index contributed by atoms with van der Waals surface area (Å²) in [4.78, 5) is 0. The summed E-state index contributed by atoms with van der Waals surface area (Å²) in [5.74, 6) is 5.93. The second-order valence-corrected chi connectivity index (χ2v) is 11.0. The molecule has 0 aromatic heterocycles. The van der Waals surface area contributed by atoms with Crippen LogP contribution < -0.4 is 0 Å². The quantitative estimate of drug-likeness (QED) is 0.254. The molecule has 3 aliphatic rings. The first kappa shape index (κ1) is 23.1. The van der Waals surface area contributed by atoms with Gasteiger partial charge >= 0.3 is 0 Å². The molecule has 3 aliphatic carbocycles. The van der Waals surface area contributed by atoms with E-state index >= 15 is 0 Å². The fourth-order valence-electron chi connectivity index (χ4n) is 6.77. The van der Waals surface area contributed by atoms with Crippen LogP contribution >= 0.6 is 0 Å². The van der Waals surface area contributed by atoms with Crippen molar-refractivity contribution in [3.05, 3.63) is 24.8 Å². The molecule has 0 amide bonds. The van der Waals surface area contributed by atoms with Crippen molar-refractivity contribution in [2.24, 2.45) is 35.5 Å². The Hall–Kier alpha value is -0.520. The molecule has 3 rings (SSSR count). The van der Waals surface area contributed by atoms with Gasteiger partial charge in [0.05, 0.1) is 0 Å². The molecule has 0 unspecified atom stereocenters. The Balaban J connectivity index is 1.24. The van der Waals surface area contributed by atoms with Crippen LogP contribution in [-0.4, -0.2) is 0 Å². The first-order chi connectivity index (χ1) is 14.3. The van der Waals surface area contributed by atoms with Gasteiger partial charge in [-0.3, -0.25) is 0 Å². The summed E-state index contributed by atoms with van der Waals surface area (Å²) in [5.41, 5.74) is 0. The van der Waals surface area contributed by atoms with Gasteiger partial charge in [-0.15, -0.1) is 6.58 Å². The van der Waals surface area contributed by atoms with Crippen molar-refractivity contribution in [3.63, 3.8) is 0 Å². The Morgan fingerprint density at radius 3 is 1.76 bits per heavy atom. The van der Waals surface area contributed by atoms with E-state index in [0.717, 1.165) is 35.5 Å². The average Bonchev–Trinajstić information content (AvgIpc) is 2.78. The zero-order valence-corrected chi connectivity index (χ0v) is 19.6. The van der Waals surface area contributed by atoms with Crippen LogP contribution in [0.5, 0.6) is 0 Å². The Bertz CT molecular complexity index is 450. The van der Waals surface area contributed by atoms with E-state index in [0.29, 0.717) is 0 Å². The minimum Gasteiger partial charge on any atom is -0.103 e. The molecule has 0 heteroatoms. The highest BCUT2D eigenvalue weighted by Crippen LogP contribution is 2.43. The molecule has 0 N–H and O–H groups in total. The van der Waals surface area contributed by atoms with E-state index in [1.54, 1.807) is 38.5 Å². The molecule has 0 aromatic carbocycles. The number of allylic oxidation sites excluding steroid dienone is 3. The summed E-state index contributed by atoms with van der Waals surface area (Å²) < 4.78 is 0. The molecule has 0 aromatic rings. The van der Waals surface area contributed by atoms with Crippen LogP contribution in [0.25, 0.3) is 0 Å². The lowest BCUT2D eigenvalue weighted by Crippen LogP contribution is -2.25. The number of unbranched alkanes of at least 4 members (excludes halogenated alkanes) is 2. The highest BCUT2D eigenvalue weighted by molar-refractivity contribution is 4.94. The van der Waals surface area contributed by atoms with Crippen molar-refractivity contribution in [2.45, 2.75) is 122 Å². The van der Waals surface area contributed by atoms with Gasteiger partial charge in [0.1, 0.15) is 0 Å². The summed E-state index contributed by atoms with van der Waals surface area (Å²) in [6.07, 6.45) is 33.8. The van der Waals surface area contributed by atoms with E-state index in [9.17, 15) is 0 Å². The molecule has 0 aliphatic heterocycles. The molecule has 0 nitrogen and oxygen atoms in total.